The van der Waals surface area contributed by atoms with Crippen LogP contribution in [0.5, 0.6) is 0 Å². The van der Waals surface area contributed by atoms with Crippen LogP contribution in [0.1, 0.15) is 19.8 Å². The number of aromatic nitrogens is 3. The average Bonchev–Trinajstić information content (AvgIpc) is 2.77. The van der Waals surface area contributed by atoms with Gasteiger partial charge in [-0.3, -0.25) is 4.79 Å². The first-order valence-corrected chi connectivity index (χ1v) is 6.48. The molecule has 0 unspecified atom stereocenters. The Morgan fingerprint density at radius 1 is 1.53 bits per heavy atom. The van der Waals surface area contributed by atoms with Crippen molar-refractivity contribution >= 4 is 29.2 Å². The second-order valence-corrected chi connectivity index (χ2v) is 4.36. The normalized spacial score (nSPS) is 10.6. The van der Waals surface area contributed by atoms with Crippen molar-refractivity contribution in [3.63, 3.8) is 0 Å². The van der Waals surface area contributed by atoms with Crippen molar-refractivity contribution in [2.45, 2.75) is 19.8 Å². The van der Waals surface area contributed by atoms with E-state index in [9.17, 15) is 4.79 Å². The van der Waals surface area contributed by atoms with E-state index in [1.807, 2.05) is 0 Å². The van der Waals surface area contributed by atoms with E-state index in [1.54, 1.807) is 29.8 Å². The maximum absolute atomic E-state index is 11.1. The summed E-state index contributed by atoms with van der Waals surface area (Å²) in [4.78, 5) is 15.4. The standard InChI is InChI=1S/C12H15ClN4O2/c1-2-19-11(18)4-3-7-14-12-15-10-6-5-9(13)8-17(10)16-12/h5-6,8H,2-4,7H2,1H3,(H,14,16). The number of rotatable bonds is 6. The molecule has 0 radical (unpaired) electrons. The molecule has 2 rings (SSSR count). The summed E-state index contributed by atoms with van der Waals surface area (Å²) in [7, 11) is 0. The fourth-order valence-electron chi connectivity index (χ4n) is 1.60. The summed E-state index contributed by atoms with van der Waals surface area (Å²) in [5, 5.41) is 7.88. The SMILES string of the molecule is CCOC(=O)CCCNc1nc2ccc(Cl)cn2n1. The van der Waals surface area contributed by atoms with Crippen molar-refractivity contribution in [3.05, 3.63) is 23.4 Å². The fourth-order valence-corrected chi connectivity index (χ4v) is 1.75. The van der Waals surface area contributed by atoms with Gasteiger partial charge in [0.25, 0.3) is 0 Å². The highest BCUT2D eigenvalue weighted by Gasteiger charge is 2.04. The molecule has 0 fully saturated rings. The number of hydrogen-bond acceptors (Lipinski definition) is 5. The highest BCUT2D eigenvalue weighted by molar-refractivity contribution is 6.30. The van der Waals surface area contributed by atoms with Gasteiger partial charge in [0.1, 0.15) is 0 Å². The van der Waals surface area contributed by atoms with Gasteiger partial charge in [0, 0.05) is 19.2 Å². The Morgan fingerprint density at radius 2 is 2.37 bits per heavy atom. The summed E-state index contributed by atoms with van der Waals surface area (Å²) in [5.74, 6) is 0.338. The Balaban J connectivity index is 1.83. The Kier molecular flexibility index (Phi) is 4.57. The van der Waals surface area contributed by atoms with Crippen LogP contribution >= 0.6 is 11.6 Å². The summed E-state index contributed by atoms with van der Waals surface area (Å²) < 4.78 is 6.45. The molecule has 0 aromatic carbocycles. The van der Waals surface area contributed by atoms with Gasteiger partial charge in [-0.25, -0.2) is 4.52 Å². The molecular weight excluding hydrogens is 268 g/mol. The summed E-state index contributed by atoms with van der Waals surface area (Å²) >= 11 is 5.86. The predicted octanol–water partition coefficient (Wildman–Crippen LogP) is 2.14. The lowest BCUT2D eigenvalue weighted by Crippen LogP contribution is -2.08. The minimum absolute atomic E-state index is 0.181. The van der Waals surface area contributed by atoms with E-state index < -0.39 is 0 Å². The van der Waals surface area contributed by atoms with Crippen LogP contribution in [0.2, 0.25) is 5.02 Å². The molecule has 102 valence electrons. The minimum Gasteiger partial charge on any atom is -0.466 e. The molecule has 0 spiro atoms. The van der Waals surface area contributed by atoms with Crippen molar-refractivity contribution in [2.75, 3.05) is 18.5 Å². The summed E-state index contributed by atoms with van der Waals surface area (Å²) in [5.41, 5.74) is 0.720. The van der Waals surface area contributed by atoms with Crippen LogP contribution in [0.4, 0.5) is 5.95 Å². The Morgan fingerprint density at radius 3 is 3.16 bits per heavy atom. The lowest BCUT2D eigenvalue weighted by atomic mass is 10.3. The summed E-state index contributed by atoms with van der Waals surface area (Å²) in [6.45, 7) is 2.83. The molecule has 0 saturated carbocycles. The predicted molar refractivity (Wildman–Crippen MR) is 72.4 cm³/mol. The smallest absolute Gasteiger partial charge is 0.305 e. The Bertz CT molecular complexity index is 570. The van der Waals surface area contributed by atoms with Gasteiger partial charge < -0.3 is 10.1 Å². The van der Waals surface area contributed by atoms with Crippen LogP contribution in [-0.4, -0.2) is 33.7 Å². The molecule has 6 nitrogen and oxygen atoms in total. The number of esters is 1. The van der Waals surface area contributed by atoms with E-state index >= 15 is 0 Å². The molecule has 0 amide bonds. The molecule has 0 aliphatic carbocycles. The number of pyridine rings is 1. The van der Waals surface area contributed by atoms with Gasteiger partial charge >= 0.3 is 5.97 Å². The number of halogens is 1. The van der Waals surface area contributed by atoms with Crippen LogP contribution in [0.25, 0.3) is 5.65 Å². The number of hydrogen-bond donors (Lipinski definition) is 1. The van der Waals surface area contributed by atoms with Gasteiger partial charge in [-0.05, 0) is 25.5 Å². The Hall–Kier alpha value is -1.82. The maximum Gasteiger partial charge on any atom is 0.305 e. The average molecular weight is 283 g/mol. The molecular formula is C12H15ClN4O2. The molecule has 2 aromatic heterocycles. The largest absolute Gasteiger partial charge is 0.466 e. The van der Waals surface area contributed by atoms with E-state index in [-0.39, 0.29) is 5.97 Å². The van der Waals surface area contributed by atoms with Gasteiger partial charge in [-0.1, -0.05) is 11.6 Å². The zero-order valence-electron chi connectivity index (χ0n) is 10.6. The van der Waals surface area contributed by atoms with Gasteiger partial charge in [0.2, 0.25) is 5.95 Å². The minimum atomic E-state index is -0.181. The lowest BCUT2D eigenvalue weighted by molar-refractivity contribution is -0.143. The summed E-state index contributed by atoms with van der Waals surface area (Å²) in [6.07, 6.45) is 2.75. The molecule has 0 bridgehead atoms. The molecule has 0 atom stereocenters. The van der Waals surface area contributed by atoms with Crippen LogP contribution in [0.3, 0.4) is 0 Å². The van der Waals surface area contributed by atoms with E-state index in [1.165, 1.54) is 0 Å². The van der Waals surface area contributed by atoms with E-state index in [0.717, 1.165) is 5.65 Å². The monoisotopic (exact) mass is 282 g/mol. The Labute approximate surface area is 115 Å². The molecule has 0 aliphatic heterocycles. The second-order valence-electron chi connectivity index (χ2n) is 3.92. The van der Waals surface area contributed by atoms with Crippen LogP contribution in [0, 0.1) is 0 Å². The van der Waals surface area contributed by atoms with Gasteiger partial charge in [0.05, 0.1) is 11.6 Å². The molecule has 2 heterocycles. The van der Waals surface area contributed by atoms with Crippen molar-refractivity contribution in [1.29, 1.82) is 0 Å². The van der Waals surface area contributed by atoms with Crippen molar-refractivity contribution < 1.29 is 9.53 Å². The van der Waals surface area contributed by atoms with Crippen molar-refractivity contribution in [3.8, 4) is 0 Å². The van der Waals surface area contributed by atoms with Crippen LogP contribution in [0.15, 0.2) is 18.3 Å². The molecule has 2 aromatic rings. The van der Waals surface area contributed by atoms with Crippen LogP contribution < -0.4 is 5.32 Å². The summed E-state index contributed by atoms with van der Waals surface area (Å²) in [6, 6.07) is 3.55. The van der Waals surface area contributed by atoms with E-state index in [4.69, 9.17) is 16.3 Å². The van der Waals surface area contributed by atoms with Crippen LogP contribution in [-0.2, 0) is 9.53 Å². The van der Waals surface area contributed by atoms with Gasteiger partial charge in [-0.2, -0.15) is 4.98 Å². The zero-order valence-corrected chi connectivity index (χ0v) is 11.4. The number of anilines is 1. The lowest BCUT2D eigenvalue weighted by Gasteiger charge is -2.02. The molecule has 0 saturated heterocycles. The third-order valence-corrected chi connectivity index (χ3v) is 2.66. The van der Waals surface area contributed by atoms with Gasteiger partial charge in [-0.15, -0.1) is 5.10 Å². The number of ether oxygens (including phenoxy) is 1. The van der Waals surface area contributed by atoms with Gasteiger partial charge in [0.15, 0.2) is 5.65 Å². The second kappa shape index (κ2) is 6.38. The van der Waals surface area contributed by atoms with Crippen molar-refractivity contribution in [1.82, 2.24) is 14.6 Å². The molecule has 7 heteroatoms. The molecule has 19 heavy (non-hydrogen) atoms. The molecule has 1 N–H and O–H groups in total. The number of fused-ring (bicyclic) bond motifs is 1. The van der Waals surface area contributed by atoms with Crippen molar-refractivity contribution in [2.24, 2.45) is 0 Å². The number of nitrogens with one attached hydrogen (secondary N) is 1. The quantitative estimate of drug-likeness (QED) is 0.649. The third-order valence-electron chi connectivity index (χ3n) is 2.44. The van der Waals surface area contributed by atoms with E-state index in [0.29, 0.717) is 37.0 Å². The number of carbonyl (C=O) groups is 1. The third kappa shape index (κ3) is 3.82. The topological polar surface area (TPSA) is 68.5 Å². The number of carbonyl (C=O) groups excluding carboxylic acids is 1. The first-order valence-electron chi connectivity index (χ1n) is 6.10. The van der Waals surface area contributed by atoms with E-state index in [2.05, 4.69) is 15.4 Å². The number of nitrogens with zero attached hydrogens (tertiary/aromatic N) is 3. The maximum atomic E-state index is 11.1. The highest BCUT2D eigenvalue weighted by Crippen LogP contribution is 2.11. The highest BCUT2D eigenvalue weighted by atomic mass is 35.5. The molecule has 0 aliphatic rings. The first kappa shape index (κ1) is 13.6. The fraction of sp³-hybridized carbons (Fsp3) is 0.417. The zero-order chi connectivity index (χ0) is 13.7. The first-order chi connectivity index (χ1) is 9.19.